The first-order chi connectivity index (χ1) is 14.1. The predicted octanol–water partition coefficient (Wildman–Crippen LogP) is 2.15. The minimum absolute atomic E-state index is 0.0750. The van der Waals surface area contributed by atoms with Crippen LogP contribution in [0.4, 0.5) is 11.4 Å². The van der Waals surface area contributed by atoms with Gasteiger partial charge in [0.05, 0.1) is 30.4 Å². The first kappa shape index (κ1) is 19.1. The molecular weight excluding hydrogens is 370 g/mol. The number of hydrogen-bond acceptors (Lipinski definition) is 4. The Hall–Kier alpha value is -3.19. The molecule has 1 atom stereocenters. The van der Waals surface area contributed by atoms with Gasteiger partial charge >= 0.3 is 0 Å². The molecule has 2 aromatic rings. The molecule has 2 heterocycles. The van der Waals surface area contributed by atoms with Crippen LogP contribution >= 0.6 is 0 Å². The molecule has 0 saturated carbocycles. The third-order valence-corrected chi connectivity index (χ3v) is 5.28. The van der Waals surface area contributed by atoms with Crippen LogP contribution < -0.4 is 10.2 Å². The summed E-state index contributed by atoms with van der Waals surface area (Å²) >= 11 is 0. The number of para-hydroxylation sites is 2. The number of benzene rings is 2. The van der Waals surface area contributed by atoms with Gasteiger partial charge in [0.25, 0.3) is 5.91 Å². The van der Waals surface area contributed by atoms with E-state index in [-0.39, 0.29) is 24.1 Å². The van der Waals surface area contributed by atoms with E-state index >= 15 is 0 Å². The van der Waals surface area contributed by atoms with Crippen molar-refractivity contribution in [3.8, 4) is 0 Å². The summed E-state index contributed by atoms with van der Waals surface area (Å²) in [7, 11) is 0. The summed E-state index contributed by atoms with van der Waals surface area (Å²) in [6, 6.07) is 16.3. The molecule has 2 aliphatic heterocycles. The van der Waals surface area contributed by atoms with Crippen molar-refractivity contribution < 1.29 is 19.1 Å². The number of amides is 3. The summed E-state index contributed by atoms with van der Waals surface area (Å²) < 4.78 is 5.30. The van der Waals surface area contributed by atoms with Crippen molar-refractivity contribution in [3.05, 3.63) is 60.2 Å². The van der Waals surface area contributed by atoms with E-state index in [1.54, 1.807) is 34.1 Å². The van der Waals surface area contributed by atoms with E-state index in [1.165, 1.54) is 0 Å². The molecule has 0 aromatic heterocycles. The maximum absolute atomic E-state index is 12.9. The van der Waals surface area contributed by atoms with Crippen molar-refractivity contribution in [3.63, 3.8) is 0 Å². The number of rotatable bonds is 4. The molecule has 7 nitrogen and oxygen atoms in total. The second-order valence-electron chi connectivity index (χ2n) is 7.18. The molecule has 2 fully saturated rings. The zero-order valence-corrected chi connectivity index (χ0v) is 16.0. The first-order valence-corrected chi connectivity index (χ1v) is 9.76. The summed E-state index contributed by atoms with van der Waals surface area (Å²) in [6.07, 6.45) is 0.153. The number of nitrogens with zero attached hydrogens (tertiary/aromatic N) is 2. The first-order valence-electron chi connectivity index (χ1n) is 9.76. The predicted molar refractivity (Wildman–Crippen MR) is 109 cm³/mol. The molecule has 3 amide bonds. The third-order valence-electron chi connectivity index (χ3n) is 5.28. The number of carbonyl (C=O) groups is 3. The number of anilines is 2. The van der Waals surface area contributed by atoms with Crippen molar-refractivity contribution in [2.45, 2.75) is 6.42 Å². The van der Waals surface area contributed by atoms with Crippen molar-refractivity contribution in [1.29, 1.82) is 0 Å². The summed E-state index contributed by atoms with van der Waals surface area (Å²) in [5, 5.41) is 2.87. The lowest BCUT2D eigenvalue weighted by atomic mass is 10.1. The quantitative estimate of drug-likeness (QED) is 0.863. The molecule has 7 heteroatoms. The Morgan fingerprint density at radius 3 is 2.41 bits per heavy atom. The highest BCUT2D eigenvalue weighted by molar-refractivity contribution is 6.07. The van der Waals surface area contributed by atoms with Crippen molar-refractivity contribution in [2.24, 2.45) is 5.92 Å². The fraction of sp³-hybridized carbons (Fsp3) is 0.318. The molecule has 2 saturated heterocycles. The highest BCUT2D eigenvalue weighted by Crippen LogP contribution is 2.26. The van der Waals surface area contributed by atoms with Crippen LogP contribution in [0.2, 0.25) is 0 Å². The van der Waals surface area contributed by atoms with Crippen molar-refractivity contribution in [2.75, 3.05) is 43.1 Å². The third kappa shape index (κ3) is 4.14. The number of hydrogen-bond donors (Lipinski definition) is 1. The van der Waals surface area contributed by atoms with Crippen molar-refractivity contribution in [1.82, 2.24) is 4.90 Å². The van der Waals surface area contributed by atoms with Crippen LogP contribution in [0.15, 0.2) is 54.6 Å². The number of nitrogens with one attached hydrogen (secondary N) is 1. The molecule has 29 heavy (non-hydrogen) atoms. The summed E-state index contributed by atoms with van der Waals surface area (Å²) in [5.74, 6) is -0.917. The number of carbonyl (C=O) groups excluding carboxylic acids is 3. The Balaban J connectivity index is 1.46. The molecule has 1 N–H and O–H groups in total. The lowest BCUT2D eigenvalue weighted by Crippen LogP contribution is -2.41. The van der Waals surface area contributed by atoms with Crippen LogP contribution in [-0.4, -0.2) is 55.5 Å². The smallest absolute Gasteiger partial charge is 0.256 e. The maximum atomic E-state index is 12.9. The average Bonchev–Trinajstić information content (AvgIpc) is 3.17. The van der Waals surface area contributed by atoms with Gasteiger partial charge in [-0.2, -0.15) is 0 Å². The summed E-state index contributed by atoms with van der Waals surface area (Å²) in [6.45, 7) is 2.42. The van der Waals surface area contributed by atoms with E-state index in [2.05, 4.69) is 5.32 Å². The van der Waals surface area contributed by atoms with Gasteiger partial charge in [0.1, 0.15) is 0 Å². The second-order valence-corrected chi connectivity index (χ2v) is 7.18. The van der Waals surface area contributed by atoms with Crippen LogP contribution in [0.5, 0.6) is 0 Å². The zero-order valence-electron chi connectivity index (χ0n) is 16.0. The molecular formula is C22H23N3O4. The minimum atomic E-state index is -0.464. The Labute approximate surface area is 169 Å². The fourth-order valence-corrected chi connectivity index (χ4v) is 3.69. The minimum Gasteiger partial charge on any atom is -0.378 e. The van der Waals surface area contributed by atoms with E-state index in [0.29, 0.717) is 44.1 Å². The van der Waals surface area contributed by atoms with Crippen LogP contribution in [0.25, 0.3) is 0 Å². The molecule has 0 unspecified atom stereocenters. The van der Waals surface area contributed by atoms with Crippen molar-refractivity contribution >= 4 is 29.1 Å². The lowest BCUT2D eigenvalue weighted by molar-refractivity contribution is -0.122. The summed E-state index contributed by atoms with van der Waals surface area (Å²) in [5.41, 5.74) is 1.71. The second kappa shape index (κ2) is 8.45. The molecule has 2 aliphatic rings. The Morgan fingerprint density at radius 2 is 1.66 bits per heavy atom. The lowest BCUT2D eigenvalue weighted by Gasteiger charge is -2.27. The number of morpholine rings is 1. The zero-order chi connectivity index (χ0) is 20.2. The number of ether oxygens (including phenoxy) is 1. The van der Waals surface area contributed by atoms with Crippen LogP contribution in [0.1, 0.15) is 16.8 Å². The highest BCUT2D eigenvalue weighted by Gasteiger charge is 2.35. The molecule has 0 bridgehead atoms. The summed E-state index contributed by atoms with van der Waals surface area (Å²) in [4.78, 5) is 41.5. The molecule has 4 rings (SSSR count). The molecule has 2 aromatic carbocycles. The van der Waals surface area contributed by atoms with E-state index in [0.717, 1.165) is 5.69 Å². The maximum Gasteiger partial charge on any atom is 0.256 e. The Kier molecular flexibility index (Phi) is 5.57. The van der Waals surface area contributed by atoms with E-state index < -0.39 is 5.92 Å². The topological polar surface area (TPSA) is 79.0 Å². The molecule has 0 spiro atoms. The van der Waals surface area contributed by atoms with Gasteiger partial charge in [-0.15, -0.1) is 0 Å². The van der Waals surface area contributed by atoms with Gasteiger partial charge < -0.3 is 19.9 Å². The highest BCUT2D eigenvalue weighted by atomic mass is 16.5. The van der Waals surface area contributed by atoms with E-state index in [9.17, 15) is 14.4 Å². The normalized spacial score (nSPS) is 19.3. The fourth-order valence-electron chi connectivity index (χ4n) is 3.69. The van der Waals surface area contributed by atoms with E-state index in [1.807, 2.05) is 30.3 Å². The van der Waals surface area contributed by atoms with Crippen LogP contribution in [-0.2, 0) is 14.3 Å². The monoisotopic (exact) mass is 393 g/mol. The van der Waals surface area contributed by atoms with Gasteiger partial charge in [0.2, 0.25) is 11.8 Å². The Bertz CT molecular complexity index is 909. The molecule has 0 radical (unpaired) electrons. The van der Waals surface area contributed by atoms with Crippen LogP contribution in [0, 0.1) is 5.92 Å². The Morgan fingerprint density at radius 1 is 0.966 bits per heavy atom. The average molecular weight is 393 g/mol. The van der Waals surface area contributed by atoms with Gasteiger partial charge in [-0.1, -0.05) is 30.3 Å². The van der Waals surface area contributed by atoms with Gasteiger partial charge in [0, 0.05) is 31.7 Å². The van der Waals surface area contributed by atoms with Gasteiger partial charge in [-0.05, 0) is 24.3 Å². The van der Waals surface area contributed by atoms with Gasteiger partial charge in [-0.25, -0.2) is 0 Å². The standard InChI is InChI=1S/C22H23N3O4/c26-20-14-16(15-25(20)17-6-2-1-3-7-17)21(27)23-19-9-5-4-8-18(19)22(28)24-10-12-29-13-11-24/h1-9,16H,10-15H2,(H,23,27)/t16-/m1/s1. The van der Waals surface area contributed by atoms with E-state index in [4.69, 9.17) is 4.74 Å². The van der Waals surface area contributed by atoms with Crippen LogP contribution in [0.3, 0.4) is 0 Å². The van der Waals surface area contributed by atoms with Gasteiger partial charge in [-0.3, -0.25) is 14.4 Å². The largest absolute Gasteiger partial charge is 0.378 e. The molecule has 0 aliphatic carbocycles. The molecule has 150 valence electrons. The van der Waals surface area contributed by atoms with Gasteiger partial charge in [0.15, 0.2) is 0 Å². The SMILES string of the molecule is O=C(Nc1ccccc1C(=O)N1CCOCC1)[C@@H]1CC(=O)N(c2ccccc2)C1.